The molecule has 1 nitrogen and oxygen atoms in total. The fraction of sp³-hybridized carbons (Fsp3) is 0.333. The molecule has 0 aliphatic carbocycles. The first-order chi connectivity index (χ1) is 11.2. The molecule has 1 heterocycles. The molecule has 23 heavy (non-hydrogen) atoms. The summed E-state index contributed by atoms with van der Waals surface area (Å²) in [6.45, 7) is 4.39. The van der Waals surface area contributed by atoms with Crippen LogP contribution < -0.4 is 0 Å². The van der Waals surface area contributed by atoms with Crippen LogP contribution >= 0.6 is 22.6 Å². The average Bonchev–Trinajstić information content (AvgIpc) is 2.99. The number of benzene rings is 2. The SMILES string of the molecule is CCCCCCc1cccc2cc(-c3ccc(C)c(I)c3)oc12. The maximum absolute atomic E-state index is 6.23. The number of hydrogen-bond donors (Lipinski definition) is 0. The summed E-state index contributed by atoms with van der Waals surface area (Å²) in [5.41, 5.74) is 4.87. The van der Waals surface area contributed by atoms with Crippen molar-refractivity contribution >= 4 is 33.6 Å². The second kappa shape index (κ2) is 7.52. The summed E-state index contributed by atoms with van der Waals surface area (Å²) in [4.78, 5) is 0. The van der Waals surface area contributed by atoms with Crippen LogP contribution in [-0.2, 0) is 6.42 Å². The molecule has 0 atom stereocenters. The normalized spacial score (nSPS) is 11.3. The summed E-state index contributed by atoms with van der Waals surface area (Å²) >= 11 is 2.39. The van der Waals surface area contributed by atoms with Crippen molar-refractivity contribution in [3.63, 3.8) is 0 Å². The monoisotopic (exact) mass is 418 g/mol. The minimum atomic E-state index is 0.971. The molecule has 0 spiro atoms. The molecule has 2 heteroatoms. The molecule has 2 aromatic carbocycles. The Hall–Kier alpha value is -1.29. The van der Waals surface area contributed by atoms with Crippen molar-refractivity contribution < 1.29 is 4.42 Å². The average molecular weight is 418 g/mol. The van der Waals surface area contributed by atoms with Crippen molar-refractivity contribution in [3.05, 3.63) is 57.2 Å². The minimum absolute atomic E-state index is 0.971. The quantitative estimate of drug-likeness (QED) is 0.306. The molecule has 120 valence electrons. The number of hydrogen-bond acceptors (Lipinski definition) is 1. The summed E-state index contributed by atoms with van der Waals surface area (Å²) in [5, 5.41) is 1.21. The van der Waals surface area contributed by atoms with Crippen molar-refractivity contribution in [2.75, 3.05) is 0 Å². The van der Waals surface area contributed by atoms with Crippen LogP contribution in [0.1, 0.15) is 43.7 Å². The highest BCUT2D eigenvalue weighted by Crippen LogP contribution is 2.31. The van der Waals surface area contributed by atoms with E-state index in [1.54, 1.807) is 0 Å². The van der Waals surface area contributed by atoms with Crippen LogP contribution in [0.25, 0.3) is 22.3 Å². The summed E-state index contributed by atoms with van der Waals surface area (Å²) in [7, 11) is 0. The Morgan fingerprint density at radius 1 is 1.00 bits per heavy atom. The van der Waals surface area contributed by atoms with E-state index in [0.717, 1.165) is 23.3 Å². The fourth-order valence-electron chi connectivity index (χ4n) is 2.95. The summed E-state index contributed by atoms with van der Waals surface area (Å²) in [5.74, 6) is 0.971. The molecule has 0 aliphatic heterocycles. The van der Waals surface area contributed by atoms with E-state index in [1.807, 2.05) is 0 Å². The van der Waals surface area contributed by atoms with Crippen LogP contribution in [0.15, 0.2) is 46.9 Å². The molecule has 3 aromatic rings. The van der Waals surface area contributed by atoms with E-state index in [-0.39, 0.29) is 0 Å². The van der Waals surface area contributed by atoms with Crippen LogP contribution in [0.2, 0.25) is 0 Å². The Balaban J connectivity index is 1.90. The zero-order valence-electron chi connectivity index (χ0n) is 13.9. The molecular formula is C21H23IO. The van der Waals surface area contributed by atoms with Crippen molar-refractivity contribution in [2.45, 2.75) is 46.0 Å². The second-order valence-electron chi connectivity index (χ2n) is 6.22. The van der Waals surface area contributed by atoms with Gasteiger partial charge in [-0.2, -0.15) is 0 Å². The third-order valence-corrected chi connectivity index (χ3v) is 5.54. The van der Waals surface area contributed by atoms with E-state index < -0.39 is 0 Å². The lowest BCUT2D eigenvalue weighted by Gasteiger charge is -2.03. The molecular weight excluding hydrogens is 395 g/mol. The smallest absolute Gasteiger partial charge is 0.137 e. The van der Waals surface area contributed by atoms with Gasteiger partial charge in [-0.3, -0.25) is 0 Å². The van der Waals surface area contributed by atoms with Crippen molar-refractivity contribution in [1.29, 1.82) is 0 Å². The first kappa shape index (κ1) is 16.6. The van der Waals surface area contributed by atoms with Gasteiger partial charge in [-0.1, -0.05) is 56.5 Å². The molecule has 0 unspecified atom stereocenters. The number of unbranched alkanes of at least 4 members (excludes halogenated alkanes) is 3. The maximum Gasteiger partial charge on any atom is 0.137 e. The van der Waals surface area contributed by atoms with E-state index in [4.69, 9.17) is 4.42 Å². The molecule has 0 bridgehead atoms. The zero-order valence-corrected chi connectivity index (χ0v) is 16.0. The predicted octanol–water partition coefficient (Wildman–Crippen LogP) is 7.14. The van der Waals surface area contributed by atoms with Crippen molar-refractivity contribution in [2.24, 2.45) is 0 Å². The standard InChI is InChI=1S/C21H23IO/c1-3-4-5-6-8-16-9-7-10-18-14-20(23-21(16)18)17-12-11-15(2)19(22)13-17/h7,9-14H,3-6,8H2,1-2H3. The Morgan fingerprint density at radius 2 is 1.87 bits per heavy atom. The van der Waals surface area contributed by atoms with Crippen LogP contribution in [0, 0.1) is 10.5 Å². The fourth-order valence-corrected chi connectivity index (χ4v) is 3.47. The van der Waals surface area contributed by atoms with Gasteiger partial charge < -0.3 is 4.42 Å². The molecule has 0 saturated heterocycles. The van der Waals surface area contributed by atoms with E-state index in [9.17, 15) is 0 Å². The van der Waals surface area contributed by atoms with Crippen LogP contribution in [0.3, 0.4) is 0 Å². The van der Waals surface area contributed by atoms with E-state index in [1.165, 1.54) is 45.8 Å². The van der Waals surface area contributed by atoms with E-state index in [0.29, 0.717) is 0 Å². The predicted molar refractivity (Wildman–Crippen MR) is 107 cm³/mol. The lowest BCUT2D eigenvalue weighted by atomic mass is 10.0. The van der Waals surface area contributed by atoms with Gasteiger partial charge in [0.2, 0.25) is 0 Å². The molecule has 3 rings (SSSR count). The Kier molecular flexibility index (Phi) is 5.42. The van der Waals surface area contributed by atoms with Gasteiger partial charge in [-0.25, -0.2) is 0 Å². The summed E-state index contributed by atoms with van der Waals surface area (Å²) in [6, 6.07) is 15.2. The molecule has 0 amide bonds. The minimum Gasteiger partial charge on any atom is -0.456 e. The molecule has 0 fully saturated rings. The Labute approximate surface area is 152 Å². The largest absolute Gasteiger partial charge is 0.456 e. The zero-order chi connectivity index (χ0) is 16.2. The summed E-state index contributed by atoms with van der Waals surface area (Å²) < 4.78 is 7.51. The van der Waals surface area contributed by atoms with Crippen molar-refractivity contribution in [1.82, 2.24) is 0 Å². The number of para-hydroxylation sites is 1. The molecule has 1 aromatic heterocycles. The van der Waals surface area contributed by atoms with Crippen molar-refractivity contribution in [3.8, 4) is 11.3 Å². The molecule has 0 aliphatic rings. The molecule has 0 N–H and O–H groups in total. The van der Waals surface area contributed by atoms with E-state index in [2.05, 4.69) is 78.9 Å². The third-order valence-electron chi connectivity index (χ3n) is 4.38. The van der Waals surface area contributed by atoms with Gasteiger partial charge in [-0.15, -0.1) is 0 Å². The van der Waals surface area contributed by atoms with Crippen LogP contribution in [-0.4, -0.2) is 0 Å². The highest BCUT2D eigenvalue weighted by atomic mass is 127. The Morgan fingerprint density at radius 3 is 2.65 bits per heavy atom. The lowest BCUT2D eigenvalue weighted by Crippen LogP contribution is -1.86. The number of furan rings is 1. The number of rotatable bonds is 6. The van der Waals surface area contributed by atoms with Gasteiger partial charge in [0.15, 0.2) is 0 Å². The third kappa shape index (κ3) is 3.79. The lowest BCUT2D eigenvalue weighted by molar-refractivity contribution is 0.618. The number of aryl methyl sites for hydroxylation is 2. The molecule has 0 saturated carbocycles. The maximum atomic E-state index is 6.23. The summed E-state index contributed by atoms with van der Waals surface area (Å²) in [6.07, 6.45) is 6.25. The highest BCUT2D eigenvalue weighted by Gasteiger charge is 2.10. The number of halogens is 1. The first-order valence-corrected chi connectivity index (χ1v) is 9.55. The van der Waals surface area contributed by atoms with Gasteiger partial charge in [-0.05, 0) is 65.6 Å². The van der Waals surface area contributed by atoms with Crippen LogP contribution in [0.5, 0.6) is 0 Å². The van der Waals surface area contributed by atoms with Gasteiger partial charge in [0.1, 0.15) is 11.3 Å². The van der Waals surface area contributed by atoms with Crippen LogP contribution in [0.4, 0.5) is 0 Å². The number of fused-ring (bicyclic) bond motifs is 1. The van der Waals surface area contributed by atoms with Gasteiger partial charge in [0, 0.05) is 14.5 Å². The molecule has 0 radical (unpaired) electrons. The first-order valence-electron chi connectivity index (χ1n) is 8.47. The van der Waals surface area contributed by atoms with Gasteiger partial charge in [0.05, 0.1) is 0 Å². The highest BCUT2D eigenvalue weighted by molar-refractivity contribution is 14.1. The van der Waals surface area contributed by atoms with E-state index >= 15 is 0 Å². The Bertz CT molecular complexity index is 801. The van der Waals surface area contributed by atoms with Gasteiger partial charge >= 0.3 is 0 Å². The van der Waals surface area contributed by atoms with Gasteiger partial charge in [0.25, 0.3) is 0 Å². The second-order valence-corrected chi connectivity index (χ2v) is 7.38. The topological polar surface area (TPSA) is 13.1 Å².